The van der Waals surface area contributed by atoms with E-state index in [0.717, 1.165) is 31.8 Å². The molecule has 2 N–H and O–H groups in total. The summed E-state index contributed by atoms with van der Waals surface area (Å²) < 4.78 is 0. The van der Waals surface area contributed by atoms with E-state index in [0.29, 0.717) is 12.5 Å². The maximum Gasteiger partial charge on any atom is 0.230 e. The lowest BCUT2D eigenvalue weighted by molar-refractivity contribution is -0.143. The second-order valence-electron chi connectivity index (χ2n) is 6.92. The van der Waals surface area contributed by atoms with Crippen LogP contribution in [0.4, 0.5) is 0 Å². The van der Waals surface area contributed by atoms with E-state index >= 15 is 0 Å². The molecule has 0 radical (unpaired) electrons. The first-order chi connectivity index (χ1) is 9.72. The highest BCUT2D eigenvalue weighted by molar-refractivity contribution is 5.83. The van der Waals surface area contributed by atoms with Gasteiger partial charge in [0.25, 0.3) is 0 Å². The van der Waals surface area contributed by atoms with Crippen molar-refractivity contribution < 1.29 is 4.79 Å². The summed E-state index contributed by atoms with van der Waals surface area (Å²) in [5.41, 5.74) is 5.79. The SMILES string of the molecule is CCCC1CCCN(C(=O)C2(CN)CCCCC2)CC1. The molecular formula is C17H32N2O. The number of hydrogen-bond acceptors (Lipinski definition) is 2. The van der Waals surface area contributed by atoms with Gasteiger partial charge in [0, 0.05) is 19.6 Å². The molecule has 1 atom stereocenters. The van der Waals surface area contributed by atoms with E-state index in [1.807, 2.05) is 0 Å². The average Bonchev–Trinajstić information content (AvgIpc) is 2.73. The highest BCUT2D eigenvalue weighted by Crippen LogP contribution is 2.38. The highest BCUT2D eigenvalue weighted by atomic mass is 16.2. The minimum atomic E-state index is -0.219. The number of likely N-dealkylation sites (tertiary alicyclic amines) is 1. The maximum absolute atomic E-state index is 13.0. The van der Waals surface area contributed by atoms with Crippen LogP contribution in [0.5, 0.6) is 0 Å². The van der Waals surface area contributed by atoms with Gasteiger partial charge in [-0.25, -0.2) is 0 Å². The van der Waals surface area contributed by atoms with Crippen molar-refractivity contribution in [2.45, 2.75) is 71.1 Å². The summed E-state index contributed by atoms with van der Waals surface area (Å²) in [5, 5.41) is 0. The Morgan fingerprint density at radius 3 is 2.55 bits per heavy atom. The van der Waals surface area contributed by atoms with E-state index in [-0.39, 0.29) is 5.41 Å². The second kappa shape index (κ2) is 7.44. The number of carbonyl (C=O) groups is 1. The summed E-state index contributed by atoms with van der Waals surface area (Å²) >= 11 is 0. The van der Waals surface area contributed by atoms with Gasteiger partial charge in [0.1, 0.15) is 0 Å². The fraction of sp³-hybridized carbons (Fsp3) is 0.941. The predicted octanol–water partition coefficient (Wildman–Crippen LogP) is 3.32. The van der Waals surface area contributed by atoms with Crippen molar-refractivity contribution in [2.75, 3.05) is 19.6 Å². The molecule has 1 saturated carbocycles. The van der Waals surface area contributed by atoms with Crippen molar-refractivity contribution in [3.05, 3.63) is 0 Å². The molecule has 0 aromatic rings. The first kappa shape index (κ1) is 15.8. The van der Waals surface area contributed by atoms with Gasteiger partial charge in [-0.3, -0.25) is 4.79 Å². The topological polar surface area (TPSA) is 46.3 Å². The zero-order valence-electron chi connectivity index (χ0n) is 13.2. The number of amides is 1. The molecule has 1 unspecified atom stereocenters. The Morgan fingerprint density at radius 2 is 1.90 bits per heavy atom. The van der Waals surface area contributed by atoms with Crippen LogP contribution >= 0.6 is 0 Å². The van der Waals surface area contributed by atoms with Gasteiger partial charge in [-0.2, -0.15) is 0 Å². The number of hydrogen-bond donors (Lipinski definition) is 1. The number of carbonyl (C=O) groups excluding carboxylic acids is 1. The lowest BCUT2D eigenvalue weighted by atomic mass is 9.73. The summed E-state index contributed by atoms with van der Waals surface area (Å²) in [6, 6.07) is 0. The Labute approximate surface area is 124 Å². The van der Waals surface area contributed by atoms with E-state index in [4.69, 9.17) is 5.73 Å². The molecule has 1 heterocycles. The number of nitrogens with zero attached hydrogens (tertiary/aromatic N) is 1. The highest BCUT2D eigenvalue weighted by Gasteiger charge is 2.41. The van der Waals surface area contributed by atoms with E-state index in [9.17, 15) is 4.79 Å². The maximum atomic E-state index is 13.0. The summed E-state index contributed by atoms with van der Waals surface area (Å²) in [6.45, 7) is 4.73. The Hall–Kier alpha value is -0.570. The molecule has 2 rings (SSSR count). The smallest absolute Gasteiger partial charge is 0.230 e. The molecule has 2 fully saturated rings. The fourth-order valence-electron chi connectivity index (χ4n) is 4.13. The molecule has 1 aliphatic heterocycles. The summed E-state index contributed by atoms with van der Waals surface area (Å²) in [7, 11) is 0. The van der Waals surface area contributed by atoms with Crippen LogP contribution in [-0.4, -0.2) is 30.4 Å². The molecule has 0 spiro atoms. The first-order valence-electron chi connectivity index (χ1n) is 8.71. The summed E-state index contributed by atoms with van der Waals surface area (Å²) in [4.78, 5) is 15.1. The van der Waals surface area contributed by atoms with Crippen LogP contribution in [0.15, 0.2) is 0 Å². The van der Waals surface area contributed by atoms with Crippen molar-refractivity contribution >= 4 is 5.91 Å². The largest absolute Gasteiger partial charge is 0.342 e. The minimum absolute atomic E-state index is 0.219. The van der Waals surface area contributed by atoms with Gasteiger partial charge in [-0.15, -0.1) is 0 Å². The Morgan fingerprint density at radius 1 is 1.15 bits per heavy atom. The lowest BCUT2D eigenvalue weighted by Crippen LogP contribution is -2.49. The van der Waals surface area contributed by atoms with Crippen LogP contribution < -0.4 is 5.73 Å². The van der Waals surface area contributed by atoms with Crippen LogP contribution in [0.2, 0.25) is 0 Å². The number of rotatable bonds is 4. The van der Waals surface area contributed by atoms with Crippen LogP contribution in [0.25, 0.3) is 0 Å². The van der Waals surface area contributed by atoms with Gasteiger partial charge in [-0.05, 0) is 38.0 Å². The first-order valence-corrected chi connectivity index (χ1v) is 8.71. The standard InChI is InChI=1S/C17H32N2O/c1-2-7-15-8-6-12-19(13-9-15)16(20)17(14-18)10-4-3-5-11-17/h15H,2-14,18H2,1H3. The zero-order valence-corrected chi connectivity index (χ0v) is 13.2. The molecule has 3 nitrogen and oxygen atoms in total. The third-order valence-electron chi connectivity index (χ3n) is 5.49. The molecule has 0 bridgehead atoms. The predicted molar refractivity (Wildman–Crippen MR) is 83.4 cm³/mol. The van der Waals surface area contributed by atoms with Gasteiger partial charge in [0.2, 0.25) is 5.91 Å². The van der Waals surface area contributed by atoms with Gasteiger partial charge in [0.05, 0.1) is 5.41 Å². The van der Waals surface area contributed by atoms with E-state index < -0.39 is 0 Å². The van der Waals surface area contributed by atoms with Crippen molar-refractivity contribution in [1.82, 2.24) is 4.90 Å². The quantitative estimate of drug-likeness (QED) is 0.858. The molecule has 1 saturated heterocycles. The molecule has 0 aromatic heterocycles. The Balaban J connectivity index is 1.97. The third-order valence-corrected chi connectivity index (χ3v) is 5.49. The van der Waals surface area contributed by atoms with Crippen molar-refractivity contribution in [3.63, 3.8) is 0 Å². The summed E-state index contributed by atoms with van der Waals surface area (Å²) in [6.07, 6.45) is 11.9. The summed E-state index contributed by atoms with van der Waals surface area (Å²) in [5.74, 6) is 1.20. The van der Waals surface area contributed by atoms with E-state index in [1.165, 1.54) is 51.4 Å². The zero-order chi connectivity index (χ0) is 14.4. The molecule has 116 valence electrons. The number of nitrogens with two attached hydrogens (primary N) is 1. The normalized spacial score (nSPS) is 27.1. The van der Waals surface area contributed by atoms with E-state index in [2.05, 4.69) is 11.8 Å². The fourth-order valence-corrected chi connectivity index (χ4v) is 4.13. The van der Waals surface area contributed by atoms with Crippen molar-refractivity contribution in [3.8, 4) is 0 Å². The Bertz CT molecular complexity index is 310. The van der Waals surface area contributed by atoms with Crippen LogP contribution in [-0.2, 0) is 4.79 Å². The molecule has 2 aliphatic rings. The average molecular weight is 280 g/mol. The lowest BCUT2D eigenvalue weighted by Gasteiger charge is -2.38. The van der Waals surface area contributed by atoms with Crippen LogP contribution in [0.1, 0.15) is 71.1 Å². The minimum Gasteiger partial charge on any atom is -0.342 e. The molecule has 0 aromatic carbocycles. The van der Waals surface area contributed by atoms with Gasteiger partial charge < -0.3 is 10.6 Å². The molecule has 1 aliphatic carbocycles. The molecule has 1 amide bonds. The third kappa shape index (κ3) is 3.55. The van der Waals surface area contributed by atoms with Crippen LogP contribution in [0.3, 0.4) is 0 Å². The van der Waals surface area contributed by atoms with Gasteiger partial charge in [0.15, 0.2) is 0 Å². The van der Waals surface area contributed by atoms with Crippen molar-refractivity contribution in [1.29, 1.82) is 0 Å². The molecular weight excluding hydrogens is 248 g/mol. The monoisotopic (exact) mass is 280 g/mol. The molecule has 20 heavy (non-hydrogen) atoms. The molecule has 3 heteroatoms. The van der Waals surface area contributed by atoms with E-state index in [1.54, 1.807) is 0 Å². The van der Waals surface area contributed by atoms with Crippen LogP contribution in [0, 0.1) is 11.3 Å². The van der Waals surface area contributed by atoms with Gasteiger partial charge >= 0.3 is 0 Å². The second-order valence-corrected chi connectivity index (χ2v) is 6.92. The van der Waals surface area contributed by atoms with Crippen molar-refractivity contribution in [2.24, 2.45) is 17.1 Å². The Kier molecular flexibility index (Phi) is 5.88. The van der Waals surface area contributed by atoms with Gasteiger partial charge in [-0.1, -0.05) is 39.0 Å².